The van der Waals surface area contributed by atoms with E-state index in [1.54, 1.807) is 49.6 Å². The van der Waals surface area contributed by atoms with Crippen LogP contribution in [0.25, 0.3) is 0 Å². The average Bonchev–Trinajstić information content (AvgIpc) is 2.63. The molecule has 25 heavy (non-hydrogen) atoms. The maximum absolute atomic E-state index is 11.3. The molecule has 0 aromatic heterocycles. The lowest BCUT2D eigenvalue weighted by atomic mass is 9.83. The molecule has 5 heteroatoms. The van der Waals surface area contributed by atoms with Gasteiger partial charge in [0.05, 0.1) is 20.3 Å². The van der Waals surface area contributed by atoms with Crippen molar-refractivity contribution in [2.75, 3.05) is 26.9 Å². The van der Waals surface area contributed by atoms with Gasteiger partial charge in [-0.2, -0.15) is 0 Å². The summed E-state index contributed by atoms with van der Waals surface area (Å²) >= 11 is 0. The Morgan fingerprint density at radius 3 is 2.04 bits per heavy atom. The number of benzene rings is 2. The molecule has 2 aromatic carbocycles. The summed E-state index contributed by atoms with van der Waals surface area (Å²) in [5.41, 5.74) is -0.0231. The third-order valence-corrected chi connectivity index (χ3v) is 4.06. The van der Waals surface area contributed by atoms with Crippen LogP contribution in [-0.4, -0.2) is 37.1 Å². The minimum Gasteiger partial charge on any atom is -0.497 e. The second-order valence-corrected chi connectivity index (χ2v) is 5.59. The van der Waals surface area contributed by atoms with Gasteiger partial charge in [0.2, 0.25) is 0 Å². The zero-order valence-electron chi connectivity index (χ0n) is 15.0. The first-order chi connectivity index (χ1) is 12.1. The molecular weight excluding hydrogens is 320 g/mol. The molecule has 136 valence electrons. The van der Waals surface area contributed by atoms with Crippen LogP contribution in [0.2, 0.25) is 0 Å². The lowest BCUT2D eigenvalue weighted by molar-refractivity contribution is 0.0506. The van der Waals surface area contributed by atoms with Gasteiger partial charge in [-0.05, 0) is 49.2 Å². The summed E-state index contributed by atoms with van der Waals surface area (Å²) in [7, 11) is 1.59. The van der Waals surface area contributed by atoms with Gasteiger partial charge in [-0.3, -0.25) is 0 Å². The monoisotopic (exact) mass is 346 g/mol. The van der Waals surface area contributed by atoms with Gasteiger partial charge >= 0.3 is 0 Å². The molecule has 0 amide bonds. The molecule has 5 nitrogen and oxygen atoms in total. The number of ether oxygens (including phenoxy) is 3. The molecule has 1 atom stereocenters. The highest BCUT2D eigenvalue weighted by Gasteiger charge is 2.32. The van der Waals surface area contributed by atoms with Crippen molar-refractivity contribution in [1.29, 1.82) is 0 Å². The number of hydrogen-bond acceptors (Lipinski definition) is 5. The summed E-state index contributed by atoms with van der Waals surface area (Å²) < 4.78 is 16.4. The first-order valence-corrected chi connectivity index (χ1v) is 8.46. The van der Waals surface area contributed by atoms with Crippen molar-refractivity contribution in [1.82, 2.24) is 0 Å². The number of hydrogen-bond donors (Lipinski definition) is 2. The second-order valence-electron chi connectivity index (χ2n) is 5.59. The lowest BCUT2D eigenvalue weighted by Gasteiger charge is -2.29. The van der Waals surface area contributed by atoms with Gasteiger partial charge in [0.15, 0.2) is 11.5 Å². The van der Waals surface area contributed by atoms with Crippen molar-refractivity contribution in [3.05, 3.63) is 53.6 Å². The van der Waals surface area contributed by atoms with Gasteiger partial charge in [0, 0.05) is 13.0 Å². The topological polar surface area (TPSA) is 68.2 Å². The normalized spacial score (nSPS) is 13.2. The summed E-state index contributed by atoms with van der Waals surface area (Å²) in [6.07, 6.45) is 0.166. The summed E-state index contributed by atoms with van der Waals surface area (Å²) in [4.78, 5) is 0. The SMILES string of the molecule is CCOc1ccc(C(O)(CCO)c2ccc(OC)cc2)cc1OCC. The molecule has 0 heterocycles. The van der Waals surface area contributed by atoms with Crippen LogP contribution in [0.5, 0.6) is 17.2 Å². The first-order valence-electron chi connectivity index (χ1n) is 8.46. The Labute approximate surface area is 148 Å². The number of aliphatic hydroxyl groups is 2. The maximum Gasteiger partial charge on any atom is 0.161 e. The van der Waals surface area contributed by atoms with E-state index in [-0.39, 0.29) is 13.0 Å². The third-order valence-electron chi connectivity index (χ3n) is 4.06. The highest BCUT2D eigenvalue weighted by atomic mass is 16.5. The highest BCUT2D eigenvalue weighted by molar-refractivity contribution is 5.48. The Morgan fingerprint density at radius 1 is 0.880 bits per heavy atom. The van der Waals surface area contributed by atoms with E-state index in [2.05, 4.69) is 0 Å². The number of methoxy groups -OCH3 is 1. The fourth-order valence-electron chi connectivity index (χ4n) is 2.79. The minimum atomic E-state index is -1.34. The number of aliphatic hydroxyl groups excluding tert-OH is 1. The molecule has 1 unspecified atom stereocenters. The van der Waals surface area contributed by atoms with E-state index in [1.807, 2.05) is 13.8 Å². The summed E-state index contributed by atoms with van der Waals surface area (Å²) in [5.74, 6) is 1.91. The standard InChI is InChI=1S/C20H26O5/c1-4-24-18-11-8-16(14-19(18)25-5-2)20(22,12-13-21)15-6-9-17(23-3)10-7-15/h6-11,14,21-22H,4-5,12-13H2,1-3H3. The van der Waals surface area contributed by atoms with Crippen molar-refractivity contribution in [3.63, 3.8) is 0 Å². The van der Waals surface area contributed by atoms with Crippen LogP contribution in [0.15, 0.2) is 42.5 Å². The van der Waals surface area contributed by atoms with Gasteiger partial charge < -0.3 is 24.4 Å². The Kier molecular flexibility index (Phi) is 6.67. The van der Waals surface area contributed by atoms with E-state index < -0.39 is 5.60 Å². The highest BCUT2D eigenvalue weighted by Crippen LogP contribution is 2.38. The van der Waals surface area contributed by atoms with Crippen LogP contribution in [0.3, 0.4) is 0 Å². The summed E-state index contributed by atoms with van der Waals surface area (Å²) in [6.45, 7) is 4.66. The zero-order chi connectivity index (χ0) is 18.3. The van der Waals surface area contributed by atoms with Gasteiger partial charge in [0.1, 0.15) is 11.4 Å². The Hall–Kier alpha value is -2.24. The summed E-state index contributed by atoms with van der Waals surface area (Å²) in [6, 6.07) is 12.5. The van der Waals surface area contributed by atoms with Gasteiger partial charge in [-0.15, -0.1) is 0 Å². The molecule has 0 aliphatic heterocycles. The van der Waals surface area contributed by atoms with E-state index in [0.717, 1.165) is 0 Å². The van der Waals surface area contributed by atoms with Crippen LogP contribution in [0.1, 0.15) is 31.4 Å². The molecule has 0 aliphatic rings. The van der Waals surface area contributed by atoms with Crippen molar-refractivity contribution < 1.29 is 24.4 Å². The molecule has 0 saturated heterocycles. The Balaban J connectivity index is 2.48. The molecule has 0 spiro atoms. The fraction of sp³-hybridized carbons (Fsp3) is 0.400. The lowest BCUT2D eigenvalue weighted by Crippen LogP contribution is -2.28. The van der Waals surface area contributed by atoms with Crippen molar-refractivity contribution in [2.24, 2.45) is 0 Å². The third kappa shape index (κ3) is 4.24. The molecule has 2 aromatic rings. The molecule has 0 saturated carbocycles. The molecular formula is C20H26O5. The van der Waals surface area contributed by atoms with Gasteiger partial charge in [0.25, 0.3) is 0 Å². The molecule has 0 fully saturated rings. The van der Waals surface area contributed by atoms with Crippen LogP contribution in [0.4, 0.5) is 0 Å². The maximum atomic E-state index is 11.3. The summed E-state index contributed by atoms with van der Waals surface area (Å²) in [5, 5.41) is 20.8. The van der Waals surface area contributed by atoms with E-state index in [0.29, 0.717) is 41.6 Å². The van der Waals surface area contributed by atoms with Crippen LogP contribution in [-0.2, 0) is 5.60 Å². The Morgan fingerprint density at radius 2 is 1.48 bits per heavy atom. The largest absolute Gasteiger partial charge is 0.497 e. The van der Waals surface area contributed by atoms with Crippen LogP contribution >= 0.6 is 0 Å². The van der Waals surface area contributed by atoms with E-state index in [4.69, 9.17) is 14.2 Å². The first kappa shape index (κ1) is 19.1. The smallest absolute Gasteiger partial charge is 0.161 e. The molecule has 2 N–H and O–H groups in total. The molecule has 0 aliphatic carbocycles. The quantitative estimate of drug-likeness (QED) is 0.730. The van der Waals surface area contributed by atoms with Crippen LogP contribution in [0, 0.1) is 0 Å². The van der Waals surface area contributed by atoms with E-state index in [9.17, 15) is 10.2 Å². The van der Waals surface area contributed by atoms with Crippen molar-refractivity contribution in [3.8, 4) is 17.2 Å². The minimum absolute atomic E-state index is 0.153. The Bertz CT molecular complexity index is 668. The molecule has 2 rings (SSSR count). The van der Waals surface area contributed by atoms with Crippen molar-refractivity contribution in [2.45, 2.75) is 25.9 Å². The molecule has 0 radical (unpaired) electrons. The second kappa shape index (κ2) is 8.74. The predicted octanol–water partition coefficient (Wildman–Crippen LogP) is 3.11. The zero-order valence-corrected chi connectivity index (χ0v) is 15.0. The molecule has 0 bridgehead atoms. The van der Waals surface area contributed by atoms with Gasteiger partial charge in [-0.25, -0.2) is 0 Å². The fourth-order valence-corrected chi connectivity index (χ4v) is 2.79. The van der Waals surface area contributed by atoms with E-state index >= 15 is 0 Å². The number of rotatable bonds is 9. The van der Waals surface area contributed by atoms with Crippen molar-refractivity contribution >= 4 is 0 Å². The van der Waals surface area contributed by atoms with E-state index in [1.165, 1.54) is 0 Å². The van der Waals surface area contributed by atoms with Gasteiger partial charge in [-0.1, -0.05) is 18.2 Å². The average molecular weight is 346 g/mol. The van der Waals surface area contributed by atoms with Crippen LogP contribution < -0.4 is 14.2 Å². The predicted molar refractivity (Wildman–Crippen MR) is 96.5 cm³/mol.